The molecule has 0 saturated carbocycles. The van der Waals surface area contributed by atoms with Crippen LogP contribution in [0.2, 0.25) is 0 Å². The molecule has 0 aliphatic heterocycles. The molecule has 0 saturated heterocycles. The number of nitrogens with one attached hydrogen (secondary N) is 1. The fraction of sp³-hybridized carbons (Fsp3) is 0.438. The lowest BCUT2D eigenvalue weighted by Crippen LogP contribution is -2.41. The van der Waals surface area contributed by atoms with Crippen LogP contribution >= 0.6 is 15.9 Å². The summed E-state index contributed by atoms with van der Waals surface area (Å²) in [5.74, 6) is -1.28. The zero-order valence-corrected chi connectivity index (χ0v) is 15.1. The minimum atomic E-state index is -0.837. The van der Waals surface area contributed by atoms with Crippen molar-refractivity contribution in [3.63, 3.8) is 0 Å². The Morgan fingerprint density at radius 2 is 1.74 bits per heavy atom. The number of nitrogens with zero attached hydrogens (tertiary/aromatic N) is 1. The van der Waals surface area contributed by atoms with Gasteiger partial charge in [0.15, 0.2) is 6.61 Å². The Hall–Kier alpha value is -1.89. The third kappa shape index (κ3) is 6.02. The van der Waals surface area contributed by atoms with Gasteiger partial charge in [-0.3, -0.25) is 9.59 Å². The summed E-state index contributed by atoms with van der Waals surface area (Å²) in [6, 6.07) is 5.92. The van der Waals surface area contributed by atoms with E-state index < -0.39 is 12.0 Å². The molecular formula is C16H21BrN2O4. The fourth-order valence-electron chi connectivity index (χ4n) is 1.87. The van der Waals surface area contributed by atoms with Gasteiger partial charge in [0.25, 0.3) is 11.8 Å². The van der Waals surface area contributed by atoms with E-state index in [2.05, 4.69) is 21.2 Å². The van der Waals surface area contributed by atoms with Crippen molar-refractivity contribution < 1.29 is 19.1 Å². The lowest BCUT2D eigenvalue weighted by Gasteiger charge is -2.19. The molecule has 1 aromatic carbocycles. The number of likely N-dealkylation sites (N-methyl/N-ethyl adjacent to an activating group) is 1. The van der Waals surface area contributed by atoms with Crippen molar-refractivity contribution >= 4 is 33.7 Å². The van der Waals surface area contributed by atoms with Crippen molar-refractivity contribution in [2.24, 2.45) is 0 Å². The molecular weight excluding hydrogens is 364 g/mol. The lowest BCUT2D eigenvalue weighted by molar-refractivity contribution is -0.153. The Kier molecular flexibility index (Phi) is 7.74. The number of carbonyl (C=O) groups is 3. The predicted octanol–water partition coefficient (Wildman–Crippen LogP) is 1.98. The van der Waals surface area contributed by atoms with Gasteiger partial charge in [0.1, 0.15) is 6.04 Å². The summed E-state index contributed by atoms with van der Waals surface area (Å²) in [7, 11) is 0. The lowest BCUT2D eigenvalue weighted by atomic mass is 10.2. The number of ether oxygens (including phenoxy) is 1. The van der Waals surface area contributed by atoms with Crippen LogP contribution in [0.5, 0.6) is 0 Å². The number of hydrogen-bond donors (Lipinski definition) is 1. The van der Waals surface area contributed by atoms with E-state index in [1.807, 2.05) is 13.8 Å². The summed E-state index contributed by atoms with van der Waals surface area (Å²) in [5, 5.41) is 2.54. The first-order chi connectivity index (χ1) is 10.9. The van der Waals surface area contributed by atoms with Crippen molar-refractivity contribution in [3.8, 4) is 0 Å². The van der Waals surface area contributed by atoms with Crippen LogP contribution in [0.15, 0.2) is 28.7 Å². The van der Waals surface area contributed by atoms with E-state index in [4.69, 9.17) is 4.74 Å². The second kappa shape index (κ2) is 9.29. The number of rotatable bonds is 7. The number of carbonyl (C=O) groups excluding carboxylic acids is 3. The van der Waals surface area contributed by atoms with Crippen molar-refractivity contribution in [1.82, 2.24) is 10.2 Å². The maximum atomic E-state index is 12.0. The Labute approximate surface area is 144 Å². The molecule has 2 amide bonds. The molecule has 0 aliphatic rings. The number of hydrogen-bond acceptors (Lipinski definition) is 4. The highest BCUT2D eigenvalue weighted by molar-refractivity contribution is 9.10. The standard InChI is InChI=1S/C16H21BrN2O4/c1-4-19(5-2)14(20)10-23-16(22)11(3)18-15(21)12-6-8-13(17)9-7-12/h6-9,11H,4-5,10H2,1-3H3,(H,18,21)/t11-/m0/s1. The van der Waals surface area contributed by atoms with Gasteiger partial charge in [0.2, 0.25) is 0 Å². The Bertz CT molecular complexity index is 556. The molecule has 1 aromatic rings. The van der Waals surface area contributed by atoms with Crippen LogP contribution < -0.4 is 5.32 Å². The molecule has 6 nitrogen and oxygen atoms in total. The third-order valence-electron chi connectivity index (χ3n) is 3.26. The molecule has 1 atom stereocenters. The number of halogens is 1. The highest BCUT2D eigenvalue weighted by Gasteiger charge is 2.20. The van der Waals surface area contributed by atoms with Crippen molar-refractivity contribution in [1.29, 1.82) is 0 Å². The van der Waals surface area contributed by atoms with Gasteiger partial charge in [-0.05, 0) is 45.0 Å². The van der Waals surface area contributed by atoms with E-state index in [1.54, 1.807) is 29.2 Å². The van der Waals surface area contributed by atoms with Gasteiger partial charge in [-0.1, -0.05) is 15.9 Å². The van der Waals surface area contributed by atoms with Crippen LogP contribution in [-0.4, -0.2) is 48.4 Å². The van der Waals surface area contributed by atoms with E-state index in [9.17, 15) is 14.4 Å². The maximum Gasteiger partial charge on any atom is 0.328 e. The normalized spacial score (nSPS) is 11.5. The average molecular weight is 385 g/mol. The predicted molar refractivity (Wildman–Crippen MR) is 90.0 cm³/mol. The van der Waals surface area contributed by atoms with Crippen molar-refractivity contribution in [2.75, 3.05) is 19.7 Å². The highest BCUT2D eigenvalue weighted by Crippen LogP contribution is 2.10. The van der Waals surface area contributed by atoms with Gasteiger partial charge in [-0.2, -0.15) is 0 Å². The van der Waals surface area contributed by atoms with Gasteiger partial charge < -0.3 is 15.0 Å². The van der Waals surface area contributed by atoms with Gasteiger partial charge >= 0.3 is 5.97 Å². The summed E-state index contributed by atoms with van der Waals surface area (Å²) < 4.78 is 5.81. The quantitative estimate of drug-likeness (QED) is 0.729. The number of esters is 1. The van der Waals surface area contributed by atoms with E-state index in [0.29, 0.717) is 18.7 Å². The molecule has 0 radical (unpaired) electrons. The van der Waals surface area contributed by atoms with Crippen molar-refractivity contribution in [2.45, 2.75) is 26.8 Å². The Morgan fingerprint density at radius 1 is 1.17 bits per heavy atom. The molecule has 0 spiro atoms. The first-order valence-electron chi connectivity index (χ1n) is 7.39. The number of amides is 2. The molecule has 1 N–H and O–H groups in total. The number of benzene rings is 1. The first kappa shape index (κ1) is 19.2. The monoisotopic (exact) mass is 384 g/mol. The molecule has 0 unspecified atom stereocenters. The molecule has 1 rings (SSSR count). The smallest absolute Gasteiger partial charge is 0.328 e. The first-order valence-corrected chi connectivity index (χ1v) is 8.19. The summed E-state index contributed by atoms with van der Waals surface area (Å²) in [5.41, 5.74) is 0.437. The van der Waals surface area contributed by atoms with E-state index >= 15 is 0 Å². The summed E-state index contributed by atoms with van der Waals surface area (Å²) >= 11 is 3.28. The van der Waals surface area contributed by atoms with Gasteiger partial charge in [-0.25, -0.2) is 4.79 Å². The molecule has 0 fully saturated rings. The molecule has 0 bridgehead atoms. The summed E-state index contributed by atoms with van der Waals surface area (Å²) in [6.45, 7) is 6.01. The SMILES string of the molecule is CCN(CC)C(=O)COC(=O)[C@H](C)NC(=O)c1ccc(Br)cc1. The van der Waals surface area contributed by atoms with E-state index in [-0.39, 0.29) is 18.4 Å². The van der Waals surface area contributed by atoms with Crippen LogP contribution in [-0.2, 0) is 14.3 Å². The van der Waals surface area contributed by atoms with E-state index in [1.165, 1.54) is 6.92 Å². The van der Waals surface area contributed by atoms with Crippen LogP contribution in [0.1, 0.15) is 31.1 Å². The Morgan fingerprint density at radius 3 is 2.26 bits per heavy atom. The second-order valence-corrected chi connectivity index (χ2v) is 5.79. The van der Waals surface area contributed by atoms with Crippen molar-refractivity contribution in [3.05, 3.63) is 34.3 Å². The minimum absolute atomic E-state index is 0.255. The third-order valence-corrected chi connectivity index (χ3v) is 3.79. The van der Waals surface area contributed by atoms with Crippen LogP contribution in [0.25, 0.3) is 0 Å². The molecule has 7 heteroatoms. The molecule has 0 heterocycles. The minimum Gasteiger partial charge on any atom is -0.454 e. The van der Waals surface area contributed by atoms with Gasteiger partial charge in [0.05, 0.1) is 0 Å². The fourth-order valence-corrected chi connectivity index (χ4v) is 2.13. The zero-order chi connectivity index (χ0) is 17.4. The van der Waals surface area contributed by atoms with Gasteiger partial charge in [-0.15, -0.1) is 0 Å². The topological polar surface area (TPSA) is 75.7 Å². The Balaban J connectivity index is 2.49. The highest BCUT2D eigenvalue weighted by atomic mass is 79.9. The molecule has 0 aromatic heterocycles. The molecule has 23 heavy (non-hydrogen) atoms. The summed E-state index contributed by atoms with van der Waals surface area (Å²) in [6.07, 6.45) is 0. The van der Waals surface area contributed by atoms with E-state index in [0.717, 1.165) is 4.47 Å². The maximum absolute atomic E-state index is 12.0. The average Bonchev–Trinajstić information content (AvgIpc) is 2.54. The van der Waals surface area contributed by atoms with Crippen LogP contribution in [0.4, 0.5) is 0 Å². The zero-order valence-electron chi connectivity index (χ0n) is 13.5. The van der Waals surface area contributed by atoms with Gasteiger partial charge in [0, 0.05) is 23.1 Å². The molecule has 126 valence electrons. The largest absolute Gasteiger partial charge is 0.454 e. The second-order valence-electron chi connectivity index (χ2n) is 4.88. The summed E-state index contributed by atoms with van der Waals surface area (Å²) in [4.78, 5) is 37.2. The molecule has 0 aliphatic carbocycles. The van der Waals surface area contributed by atoms with Crippen LogP contribution in [0.3, 0.4) is 0 Å². The van der Waals surface area contributed by atoms with Crippen LogP contribution in [0, 0.1) is 0 Å².